The van der Waals surface area contributed by atoms with Crippen molar-refractivity contribution < 1.29 is 9.53 Å². The van der Waals surface area contributed by atoms with Crippen molar-refractivity contribution in [3.63, 3.8) is 0 Å². The van der Waals surface area contributed by atoms with Crippen molar-refractivity contribution in [3.05, 3.63) is 63.7 Å². The molecule has 27 heavy (non-hydrogen) atoms. The molecule has 3 heterocycles. The second-order valence-electron chi connectivity index (χ2n) is 6.59. The van der Waals surface area contributed by atoms with Crippen molar-refractivity contribution in [2.24, 2.45) is 0 Å². The molecule has 1 saturated heterocycles. The van der Waals surface area contributed by atoms with E-state index in [1.54, 1.807) is 27.6 Å². The largest absolute Gasteiger partial charge is 0.378 e. The number of carbonyl (C=O) groups is 1. The molecule has 2 aromatic heterocycles. The first-order valence-electron chi connectivity index (χ1n) is 9.01. The minimum Gasteiger partial charge on any atom is -0.378 e. The SMILES string of the molecule is CN(Cc1ccsc1)C(=O)c1cc(-c2ccccc2)c(N2CCOCC2)s1. The zero-order valence-electron chi connectivity index (χ0n) is 15.3. The van der Waals surface area contributed by atoms with Crippen LogP contribution in [0.15, 0.2) is 53.2 Å². The molecule has 1 fully saturated rings. The van der Waals surface area contributed by atoms with Gasteiger partial charge in [-0.05, 0) is 34.0 Å². The Morgan fingerprint density at radius 2 is 1.96 bits per heavy atom. The smallest absolute Gasteiger partial charge is 0.264 e. The number of hydrogen-bond donors (Lipinski definition) is 0. The average molecular weight is 399 g/mol. The van der Waals surface area contributed by atoms with Gasteiger partial charge < -0.3 is 14.5 Å². The number of anilines is 1. The Labute approximate surface area is 167 Å². The van der Waals surface area contributed by atoms with Gasteiger partial charge in [-0.1, -0.05) is 30.3 Å². The third-order valence-corrected chi connectivity index (χ3v) is 6.57. The summed E-state index contributed by atoms with van der Waals surface area (Å²) in [6.45, 7) is 3.81. The Bertz CT molecular complexity index is 884. The number of carbonyl (C=O) groups excluding carboxylic acids is 1. The highest BCUT2D eigenvalue weighted by Gasteiger charge is 2.23. The molecule has 0 bridgehead atoms. The van der Waals surface area contributed by atoms with Gasteiger partial charge in [0.1, 0.15) is 0 Å². The average Bonchev–Trinajstić information content (AvgIpc) is 3.38. The summed E-state index contributed by atoms with van der Waals surface area (Å²) in [6.07, 6.45) is 0. The van der Waals surface area contributed by atoms with Crippen molar-refractivity contribution in [1.29, 1.82) is 0 Å². The summed E-state index contributed by atoms with van der Waals surface area (Å²) >= 11 is 3.25. The fourth-order valence-electron chi connectivity index (χ4n) is 3.23. The van der Waals surface area contributed by atoms with E-state index in [0.717, 1.165) is 47.3 Å². The van der Waals surface area contributed by atoms with Crippen LogP contribution < -0.4 is 4.90 Å². The summed E-state index contributed by atoms with van der Waals surface area (Å²) in [5, 5.41) is 5.30. The topological polar surface area (TPSA) is 32.8 Å². The molecule has 0 unspecified atom stereocenters. The van der Waals surface area contributed by atoms with Crippen LogP contribution in [0.3, 0.4) is 0 Å². The maximum atomic E-state index is 13.0. The number of hydrogen-bond acceptors (Lipinski definition) is 5. The van der Waals surface area contributed by atoms with E-state index in [4.69, 9.17) is 4.74 Å². The van der Waals surface area contributed by atoms with Crippen LogP contribution in [0, 0.1) is 0 Å². The summed E-state index contributed by atoms with van der Waals surface area (Å²) in [4.78, 5) is 18.0. The number of morpholine rings is 1. The van der Waals surface area contributed by atoms with E-state index in [-0.39, 0.29) is 5.91 Å². The molecule has 1 aromatic carbocycles. The van der Waals surface area contributed by atoms with Gasteiger partial charge in [0.15, 0.2) is 0 Å². The van der Waals surface area contributed by atoms with Gasteiger partial charge >= 0.3 is 0 Å². The number of rotatable bonds is 5. The van der Waals surface area contributed by atoms with Crippen LogP contribution in [0.4, 0.5) is 5.00 Å². The van der Waals surface area contributed by atoms with Crippen molar-refractivity contribution in [2.45, 2.75) is 6.54 Å². The third kappa shape index (κ3) is 4.08. The molecule has 1 amide bonds. The monoisotopic (exact) mass is 398 g/mol. The van der Waals surface area contributed by atoms with Crippen LogP contribution in [0.5, 0.6) is 0 Å². The van der Waals surface area contributed by atoms with Crippen LogP contribution in [0.1, 0.15) is 15.2 Å². The Balaban J connectivity index is 1.64. The molecule has 1 aliphatic heterocycles. The van der Waals surface area contributed by atoms with Gasteiger partial charge in [0, 0.05) is 32.2 Å². The van der Waals surface area contributed by atoms with Crippen molar-refractivity contribution >= 4 is 33.6 Å². The van der Waals surface area contributed by atoms with E-state index in [9.17, 15) is 4.79 Å². The molecule has 0 radical (unpaired) electrons. The van der Waals surface area contributed by atoms with E-state index < -0.39 is 0 Å². The number of ether oxygens (including phenoxy) is 1. The van der Waals surface area contributed by atoms with E-state index in [1.165, 1.54) is 5.56 Å². The lowest BCUT2D eigenvalue weighted by Gasteiger charge is -2.28. The first-order chi connectivity index (χ1) is 13.2. The fourth-order valence-corrected chi connectivity index (χ4v) is 5.12. The molecule has 3 aromatic rings. The third-order valence-electron chi connectivity index (χ3n) is 4.65. The molecule has 6 heteroatoms. The molecule has 4 rings (SSSR count). The van der Waals surface area contributed by atoms with Gasteiger partial charge in [-0.25, -0.2) is 0 Å². The summed E-state index contributed by atoms with van der Waals surface area (Å²) in [6, 6.07) is 14.4. The molecule has 0 N–H and O–H groups in total. The lowest BCUT2D eigenvalue weighted by atomic mass is 10.1. The summed E-state index contributed by atoms with van der Waals surface area (Å²) in [7, 11) is 1.87. The molecule has 0 atom stereocenters. The predicted octanol–water partition coefficient (Wildman–Crippen LogP) is 4.59. The lowest BCUT2D eigenvalue weighted by molar-refractivity contribution is 0.0790. The number of thiophene rings is 2. The fraction of sp³-hybridized carbons (Fsp3) is 0.286. The van der Waals surface area contributed by atoms with Crippen LogP contribution in [0.25, 0.3) is 11.1 Å². The number of nitrogens with zero attached hydrogens (tertiary/aromatic N) is 2. The minimum absolute atomic E-state index is 0.0721. The van der Waals surface area contributed by atoms with Crippen LogP contribution in [-0.2, 0) is 11.3 Å². The summed E-state index contributed by atoms with van der Waals surface area (Å²) < 4.78 is 5.51. The van der Waals surface area contributed by atoms with E-state index in [1.807, 2.05) is 30.6 Å². The van der Waals surface area contributed by atoms with E-state index >= 15 is 0 Å². The van der Waals surface area contributed by atoms with E-state index in [2.05, 4.69) is 34.5 Å². The van der Waals surface area contributed by atoms with Crippen molar-refractivity contribution in [1.82, 2.24) is 4.90 Å². The Morgan fingerprint density at radius 1 is 1.19 bits per heavy atom. The zero-order chi connectivity index (χ0) is 18.6. The minimum atomic E-state index is 0.0721. The number of amides is 1. The highest BCUT2D eigenvalue weighted by atomic mass is 32.1. The molecule has 0 aliphatic carbocycles. The molecule has 4 nitrogen and oxygen atoms in total. The molecular weight excluding hydrogens is 376 g/mol. The second kappa shape index (κ2) is 8.25. The van der Waals surface area contributed by atoms with Crippen molar-refractivity contribution in [2.75, 3.05) is 38.3 Å². The zero-order valence-corrected chi connectivity index (χ0v) is 16.9. The van der Waals surface area contributed by atoms with Gasteiger partial charge in [0.05, 0.1) is 23.1 Å². The highest BCUT2D eigenvalue weighted by Crippen LogP contribution is 2.39. The molecule has 0 spiro atoms. The molecule has 1 aliphatic rings. The second-order valence-corrected chi connectivity index (χ2v) is 8.40. The number of benzene rings is 1. The molecule has 140 valence electrons. The maximum absolute atomic E-state index is 13.0. The highest BCUT2D eigenvalue weighted by molar-refractivity contribution is 7.18. The van der Waals surface area contributed by atoms with Gasteiger partial charge in [-0.2, -0.15) is 11.3 Å². The van der Waals surface area contributed by atoms with Gasteiger partial charge in [0.25, 0.3) is 5.91 Å². The molecule has 0 saturated carbocycles. The van der Waals surface area contributed by atoms with Crippen molar-refractivity contribution in [3.8, 4) is 11.1 Å². The normalized spacial score (nSPS) is 14.3. The first kappa shape index (κ1) is 18.2. The lowest BCUT2D eigenvalue weighted by Crippen LogP contribution is -2.35. The van der Waals surface area contributed by atoms with Gasteiger partial charge in [0.2, 0.25) is 0 Å². The molecular formula is C21H22N2O2S2. The Morgan fingerprint density at radius 3 is 2.67 bits per heavy atom. The maximum Gasteiger partial charge on any atom is 0.264 e. The quantitative estimate of drug-likeness (QED) is 0.630. The van der Waals surface area contributed by atoms with Gasteiger partial charge in [-0.15, -0.1) is 11.3 Å². The summed E-state index contributed by atoms with van der Waals surface area (Å²) in [5.41, 5.74) is 3.45. The Hall–Kier alpha value is -2.15. The van der Waals surface area contributed by atoms with Crippen LogP contribution in [-0.4, -0.2) is 44.2 Å². The van der Waals surface area contributed by atoms with E-state index in [0.29, 0.717) is 6.54 Å². The predicted molar refractivity (Wildman–Crippen MR) is 113 cm³/mol. The first-order valence-corrected chi connectivity index (χ1v) is 10.8. The standard InChI is InChI=1S/C21H22N2O2S2/c1-22(14-16-7-12-26-15-16)20(24)19-13-18(17-5-3-2-4-6-17)21(27-19)23-8-10-25-11-9-23/h2-7,12-13,15H,8-11,14H2,1H3. The Kier molecular flexibility index (Phi) is 5.57. The summed E-state index contributed by atoms with van der Waals surface area (Å²) in [5.74, 6) is 0.0721. The van der Waals surface area contributed by atoms with Crippen LogP contribution in [0.2, 0.25) is 0 Å². The van der Waals surface area contributed by atoms with Gasteiger partial charge in [-0.3, -0.25) is 4.79 Å². The van der Waals surface area contributed by atoms with Crippen LogP contribution >= 0.6 is 22.7 Å².